The lowest BCUT2D eigenvalue weighted by molar-refractivity contribution is -0.127. The van der Waals surface area contributed by atoms with Crippen LogP contribution in [-0.4, -0.2) is 31.2 Å². The molecule has 2 aliphatic rings. The summed E-state index contributed by atoms with van der Waals surface area (Å²) in [5.41, 5.74) is 5.92. The van der Waals surface area contributed by atoms with Crippen molar-refractivity contribution in [3.05, 3.63) is 0 Å². The molecule has 4 nitrogen and oxygen atoms in total. The standard InChI is InChI=1S/C14H26N2O2/c1-10-9-11(15)4-5-13(10)14(17)16-7-6-12-3-2-8-18-12/h10-13H,2-9,15H2,1H3,(H,16,17). The molecule has 2 fully saturated rings. The first-order valence-electron chi connectivity index (χ1n) is 7.31. The van der Waals surface area contributed by atoms with Gasteiger partial charge in [-0.3, -0.25) is 4.79 Å². The molecule has 4 heteroatoms. The second-order valence-electron chi connectivity index (χ2n) is 5.87. The first-order chi connectivity index (χ1) is 8.66. The summed E-state index contributed by atoms with van der Waals surface area (Å²) in [5.74, 6) is 0.790. The van der Waals surface area contributed by atoms with Crippen LogP contribution < -0.4 is 11.1 Å². The Balaban J connectivity index is 1.67. The van der Waals surface area contributed by atoms with Crippen molar-refractivity contribution in [2.45, 2.75) is 57.6 Å². The quantitative estimate of drug-likeness (QED) is 0.798. The first-order valence-corrected chi connectivity index (χ1v) is 7.31. The SMILES string of the molecule is CC1CC(N)CCC1C(=O)NCCC1CCCO1. The van der Waals surface area contributed by atoms with Gasteiger partial charge in [-0.1, -0.05) is 6.92 Å². The monoisotopic (exact) mass is 254 g/mol. The number of rotatable bonds is 4. The topological polar surface area (TPSA) is 64.4 Å². The Morgan fingerprint density at radius 3 is 2.89 bits per heavy atom. The van der Waals surface area contributed by atoms with Gasteiger partial charge in [0.05, 0.1) is 6.10 Å². The maximum Gasteiger partial charge on any atom is 0.223 e. The smallest absolute Gasteiger partial charge is 0.223 e. The fourth-order valence-corrected chi connectivity index (χ4v) is 3.19. The van der Waals surface area contributed by atoms with E-state index in [1.807, 2.05) is 0 Å². The molecule has 4 atom stereocenters. The van der Waals surface area contributed by atoms with Crippen molar-refractivity contribution >= 4 is 5.91 Å². The summed E-state index contributed by atoms with van der Waals surface area (Å²) in [5, 5.41) is 3.06. The van der Waals surface area contributed by atoms with Gasteiger partial charge in [0.2, 0.25) is 5.91 Å². The molecular formula is C14H26N2O2. The average Bonchev–Trinajstić information content (AvgIpc) is 2.81. The molecule has 0 aromatic heterocycles. The van der Waals surface area contributed by atoms with Gasteiger partial charge in [-0.15, -0.1) is 0 Å². The number of ether oxygens (including phenoxy) is 1. The number of hydrogen-bond acceptors (Lipinski definition) is 3. The zero-order valence-electron chi connectivity index (χ0n) is 11.4. The zero-order valence-corrected chi connectivity index (χ0v) is 11.4. The number of carbonyl (C=O) groups excluding carboxylic acids is 1. The van der Waals surface area contributed by atoms with Crippen molar-refractivity contribution in [1.82, 2.24) is 5.32 Å². The minimum Gasteiger partial charge on any atom is -0.378 e. The fourth-order valence-electron chi connectivity index (χ4n) is 3.19. The van der Waals surface area contributed by atoms with E-state index in [1.54, 1.807) is 0 Å². The average molecular weight is 254 g/mol. The minimum absolute atomic E-state index is 0.161. The minimum atomic E-state index is 0.161. The molecule has 1 aliphatic carbocycles. The van der Waals surface area contributed by atoms with Crippen LogP contribution in [0, 0.1) is 11.8 Å². The van der Waals surface area contributed by atoms with Crippen LogP contribution in [0.4, 0.5) is 0 Å². The predicted molar refractivity (Wildman–Crippen MR) is 71.1 cm³/mol. The number of carbonyl (C=O) groups is 1. The maximum absolute atomic E-state index is 12.1. The van der Waals surface area contributed by atoms with E-state index in [0.29, 0.717) is 12.0 Å². The molecule has 1 aliphatic heterocycles. The first kappa shape index (κ1) is 13.8. The van der Waals surface area contributed by atoms with Crippen molar-refractivity contribution in [2.75, 3.05) is 13.2 Å². The fraction of sp³-hybridized carbons (Fsp3) is 0.929. The van der Waals surface area contributed by atoms with Crippen molar-refractivity contribution in [3.8, 4) is 0 Å². The summed E-state index contributed by atoms with van der Waals surface area (Å²) in [4.78, 5) is 12.1. The molecule has 0 bridgehead atoms. The van der Waals surface area contributed by atoms with Crippen LogP contribution in [0.5, 0.6) is 0 Å². The molecule has 3 N–H and O–H groups in total. The third-order valence-corrected chi connectivity index (χ3v) is 4.34. The lowest BCUT2D eigenvalue weighted by atomic mass is 9.78. The van der Waals surface area contributed by atoms with E-state index in [4.69, 9.17) is 10.5 Å². The van der Waals surface area contributed by atoms with Crippen molar-refractivity contribution < 1.29 is 9.53 Å². The third-order valence-electron chi connectivity index (χ3n) is 4.34. The molecule has 1 saturated heterocycles. The Kier molecular flexibility index (Phi) is 5.01. The highest BCUT2D eigenvalue weighted by atomic mass is 16.5. The Morgan fingerprint density at radius 1 is 1.39 bits per heavy atom. The van der Waals surface area contributed by atoms with Gasteiger partial charge in [0, 0.05) is 25.1 Å². The molecule has 1 heterocycles. The van der Waals surface area contributed by atoms with Crippen LogP contribution in [-0.2, 0) is 9.53 Å². The maximum atomic E-state index is 12.1. The molecule has 4 unspecified atom stereocenters. The van der Waals surface area contributed by atoms with Gasteiger partial charge >= 0.3 is 0 Å². The van der Waals surface area contributed by atoms with E-state index in [1.165, 1.54) is 0 Å². The van der Waals surface area contributed by atoms with Crippen molar-refractivity contribution in [3.63, 3.8) is 0 Å². The van der Waals surface area contributed by atoms with Crippen LogP contribution in [0.1, 0.15) is 45.4 Å². The van der Waals surface area contributed by atoms with Gasteiger partial charge in [-0.05, 0) is 44.4 Å². The van der Waals surface area contributed by atoms with Crippen LogP contribution in [0.25, 0.3) is 0 Å². The van der Waals surface area contributed by atoms with Crippen LogP contribution in [0.2, 0.25) is 0 Å². The molecule has 2 rings (SSSR count). The highest BCUT2D eigenvalue weighted by Gasteiger charge is 2.30. The van der Waals surface area contributed by atoms with E-state index in [9.17, 15) is 4.79 Å². The molecule has 0 aromatic rings. The van der Waals surface area contributed by atoms with Crippen LogP contribution in [0.15, 0.2) is 0 Å². The Hall–Kier alpha value is -0.610. The molecule has 0 spiro atoms. The molecule has 0 aromatic carbocycles. The van der Waals surface area contributed by atoms with Crippen LogP contribution in [0.3, 0.4) is 0 Å². The summed E-state index contributed by atoms with van der Waals surface area (Å²) < 4.78 is 5.55. The number of hydrogen-bond donors (Lipinski definition) is 2. The highest BCUT2D eigenvalue weighted by Crippen LogP contribution is 2.29. The summed E-state index contributed by atoms with van der Waals surface area (Å²) in [6, 6.07) is 0.288. The van der Waals surface area contributed by atoms with Crippen LogP contribution >= 0.6 is 0 Å². The van der Waals surface area contributed by atoms with Gasteiger partial charge in [-0.2, -0.15) is 0 Å². The van der Waals surface area contributed by atoms with E-state index in [0.717, 1.165) is 51.7 Å². The number of nitrogens with one attached hydrogen (secondary N) is 1. The number of amides is 1. The van der Waals surface area contributed by atoms with E-state index < -0.39 is 0 Å². The Morgan fingerprint density at radius 2 is 2.22 bits per heavy atom. The van der Waals surface area contributed by atoms with Gasteiger partial charge in [-0.25, -0.2) is 0 Å². The summed E-state index contributed by atoms with van der Waals surface area (Å²) in [7, 11) is 0. The van der Waals surface area contributed by atoms with Crippen molar-refractivity contribution in [2.24, 2.45) is 17.6 Å². The second kappa shape index (κ2) is 6.53. The lowest BCUT2D eigenvalue weighted by Gasteiger charge is -2.31. The number of nitrogens with two attached hydrogens (primary N) is 1. The Labute approximate surface area is 110 Å². The van der Waals surface area contributed by atoms with Gasteiger partial charge in [0.25, 0.3) is 0 Å². The zero-order chi connectivity index (χ0) is 13.0. The normalized spacial score (nSPS) is 36.6. The highest BCUT2D eigenvalue weighted by molar-refractivity contribution is 5.79. The van der Waals surface area contributed by atoms with Crippen molar-refractivity contribution in [1.29, 1.82) is 0 Å². The van der Waals surface area contributed by atoms with E-state index >= 15 is 0 Å². The molecule has 0 radical (unpaired) electrons. The largest absolute Gasteiger partial charge is 0.378 e. The molecule has 18 heavy (non-hydrogen) atoms. The van der Waals surface area contributed by atoms with Gasteiger partial charge in [0.15, 0.2) is 0 Å². The Bertz CT molecular complexity index is 277. The van der Waals surface area contributed by atoms with Gasteiger partial charge in [0.1, 0.15) is 0 Å². The third kappa shape index (κ3) is 3.69. The van der Waals surface area contributed by atoms with E-state index in [2.05, 4.69) is 12.2 Å². The summed E-state index contributed by atoms with van der Waals surface area (Å²) >= 11 is 0. The molecule has 1 amide bonds. The second-order valence-corrected chi connectivity index (χ2v) is 5.87. The summed E-state index contributed by atoms with van der Waals surface area (Å²) in [6.45, 7) is 3.78. The molecule has 1 saturated carbocycles. The predicted octanol–water partition coefficient (Wildman–Crippen LogP) is 1.44. The lowest BCUT2D eigenvalue weighted by Crippen LogP contribution is -2.41. The summed E-state index contributed by atoms with van der Waals surface area (Å²) in [6.07, 6.45) is 6.52. The molecule has 104 valence electrons. The van der Waals surface area contributed by atoms with E-state index in [-0.39, 0.29) is 17.9 Å². The molecular weight excluding hydrogens is 228 g/mol. The van der Waals surface area contributed by atoms with Gasteiger partial charge < -0.3 is 15.8 Å².